The van der Waals surface area contributed by atoms with Gasteiger partial charge in [-0.2, -0.15) is 0 Å². The Balaban J connectivity index is 1.66. The molecule has 1 unspecified atom stereocenters. The molecule has 1 fully saturated rings. The minimum absolute atomic E-state index is 0.104. The van der Waals surface area contributed by atoms with Crippen LogP contribution < -0.4 is 14.8 Å². The van der Waals surface area contributed by atoms with Gasteiger partial charge in [-0.1, -0.05) is 12.1 Å². The molecule has 0 saturated carbocycles. The maximum Gasteiger partial charge on any atom is 0.259 e. The van der Waals surface area contributed by atoms with Crippen molar-refractivity contribution < 1.29 is 19.0 Å². The number of hydrogen-bond acceptors (Lipinski definition) is 5. The average Bonchev–Trinajstić information content (AvgIpc) is 3.14. The number of para-hydroxylation sites is 1. The van der Waals surface area contributed by atoms with E-state index >= 15 is 0 Å². The van der Waals surface area contributed by atoms with Crippen molar-refractivity contribution >= 4 is 11.6 Å². The Bertz CT molecular complexity index is 682. The third kappa shape index (κ3) is 4.02. The van der Waals surface area contributed by atoms with E-state index in [1.807, 2.05) is 6.07 Å². The molecule has 0 aliphatic carbocycles. The average molecular weight is 328 g/mol. The summed E-state index contributed by atoms with van der Waals surface area (Å²) in [4.78, 5) is 16.6. The van der Waals surface area contributed by atoms with Gasteiger partial charge in [0.2, 0.25) is 5.88 Å². The maximum atomic E-state index is 12.5. The summed E-state index contributed by atoms with van der Waals surface area (Å²) < 4.78 is 16.3. The van der Waals surface area contributed by atoms with E-state index in [9.17, 15) is 4.79 Å². The molecule has 6 nitrogen and oxygen atoms in total. The summed E-state index contributed by atoms with van der Waals surface area (Å²) in [5, 5.41) is 2.81. The van der Waals surface area contributed by atoms with Crippen LogP contribution in [0.1, 0.15) is 23.2 Å². The number of carbonyl (C=O) groups is 1. The molecule has 0 radical (unpaired) electrons. The molecule has 1 aliphatic heterocycles. The van der Waals surface area contributed by atoms with Gasteiger partial charge in [-0.15, -0.1) is 0 Å². The Hall–Kier alpha value is -2.60. The van der Waals surface area contributed by atoms with Crippen molar-refractivity contribution in [3.8, 4) is 11.6 Å². The van der Waals surface area contributed by atoms with Crippen LogP contribution in [-0.4, -0.2) is 37.3 Å². The zero-order valence-corrected chi connectivity index (χ0v) is 13.5. The van der Waals surface area contributed by atoms with E-state index in [0.717, 1.165) is 19.4 Å². The van der Waals surface area contributed by atoms with Crippen LogP contribution in [0.3, 0.4) is 0 Å². The first-order valence-corrected chi connectivity index (χ1v) is 7.91. The topological polar surface area (TPSA) is 69.7 Å². The van der Waals surface area contributed by atoms with Gasteiger partial charge in [-0.3, -0.25) is 4.79 Å². The van der Waals surface area contributed by atoms with Crippen molar-refractivity contribution in [2.75, 3.05) is 25.6 Å². The number of benzene rings is 1. The van der Waals surface area contributed by atoms with Crippen LogP contribution in [0, 0.1) is 0 Å². The molecule has 0 bridgehead atoms. The highest BCUT2D eigenvalue weighted by atomic mass is 16.5. The highest BCUT2D eigenvalue weighted by molar-refractivity contribution is 6.06. The summed E-state index contributed by atoms with van der Waals surface area (Å²) in [6.45, 7) is 1.23. The van der Waals surface area contributed by atoms with Crippen LogP contribution in [0.15, 0.2) is 42.6 Å². The van der Waals surface area contributed by atoms with E-state index in [1.165, 1.54) is 0 Å². The lowest BCUT2D eigenvalue weighted by atomic mass is 10.2. The second kappa shape index (κ2) is 7.79. The number of nitrogens with one attached hydrogen (secondary N) is 1. The molecule has 1 aliphatic rings. The zero-order valence-electron chi connectivity index (χ0n) is 13.5. The molecule has 24 heavy (non-hydrogen) atoms. The number of nitrogens with zero attached hydrogens (tertiary/aromatic N) is 1. The number of carbonyl (C=O) groups excluding carboxylic acids is 1. The van der Waals surface area contributed by atoms with E-state index in [1.54, 1.807) is 43.6 Å². The van der Waals surface area contributed by atoms with E-state index in [-0.39, 0.29) is 12.0 Å². The van der Waals surface area contributed by atoms with E-state index in [4.69, 9.17) is 14.2 Å². The minimum Gasteiger partial charge on any atom is -0.490 e. The van der Waals surface area contributed by atoms with E-state index in [2.05, 4.69) is 10.3 Å². The smallest absolute Gasteiger partial charge is 0.259 e. The zero-order chi connectivity index (χ0) is 16.8. The summed E-state index contributed by atoms with van der Waals surface area (Å²) in [5.74, 6) is 0.796. The summed E-state index contributed by atoms with van der Waals surface area (Å²) in [6, 6.07) is 10.6. The molecule has 3 rings (SSSR count). The van der Waals surface area contributed by atoms with Crippen LogP contribution in [0.2, 0.25) is 0 Å². The highest BCUT2D eigenvalue weighted by Gasteiger charge is 2.18. The van der Waals surface area contributed by atoms with Crippen LogP contribution in [0.5, 0.6) is 11.6 Å². The Morgan fingerprint density at radius 1 is 1.33 bits per heavy atom. The quantitative estimate of drug-likeness (QED) is 0.883. The molecular weight excluding hydrogens is 308 g/mol. The van der Waals surface area contributed by atoms with E-state index < -0.39 is 0 Å². The van der Waals surface area contributed by atoms with Gasteiger partial charge in [0.1, 0.15) is 12.4 Å². The Labute approximate surface area is 140 Å². The first kappa shape index (κ1) is 16.3. The second-order valence-corrected chi connectivity index (χ2v) is 5.49. The highest BCUT2D eigenvalue weighted by Crippen LogP contribution is 2.22. The molecule has 2 heterocycles. The minimum atomic E-state index is -0.245. The van der Waals surface area contributed by atoms with Crippen molar-refractivity contribution in [3.63, 3.8) is 0 Å². The van der Waals surface area contributed by atoms with Gasteiger partial charge in [0.25, 0.3) is 5.91 Å². The van der Waals surface area contributed by atoms with Gasteiger partial charge < -0.3 is 19.5 Å². The largest absolute Gasteiger partial charge is 0.490 e. The lowest BCUT2D eigenvalue weighted by Crippen LogP contribution is -2.19. The predicted octanol–water partition coefficient (Wildman–Crippen LogP) is 2.90. The number of amides is 1. The molecule has 6 heteroatoms. The monoisotopic (exact) mass is 328 g/mol. The Kier molecular flexibility index (Phi) is 5.28. The van der Waals surface area contributed by atoms with Crippen LogP contribution in [-0.2, 0) is 4.74 Å². The molecule has 1 N–H and O–H groups in total. The number of pyridine rings is 1. The van der Waals surface area contributed by atoms with Crippen molar-refractivity contribution in [3.05, 3.63) is 48.2 Å². The molecule has 0 spiro atoms. The van der Waals surface area contributed by atoms with Gasteiger partial charge in [0.15, 0.2) is 0 Å². The Morgan fingerprint density at radius 3 is 2.92 bits per heavy atom. The summed E-state index contributed by atoms with van der Waals surface area (Å²) in [5.41, 5.74) is 1.07. The van der Waals surface area contributed by atoms with Crippen LogP contribution in [0.25, 0.3) is 0 Å². The van der Waals surface area contributed by atoms with Gasteiger partial charge >= 0.3 is 0 Å². The second-order valence-electron chi connectivity index (χ2n) is 5.49. The number of rotatable bonds is 6. The first-order valence-electron chi connectivity index (χ1n) is 7.91. The Morgan fingerprint density at radius 2 is 2.21 bits per heavy atom. The molecule has 126 valence electrons. The molecule has 1 atom stereocenters. The van der Waals surface area contributed by atoms with Crippen molar-refractivity contribution in [2.24, 2.45) is 0 Å². The lowest BCUT2D eigenvalue weighted by molar-refractivity contribution is 0.0673. The van der Waals surface area contributed by atoms with Crippen LogP contribution in [0.4, 0.5) is 5.69 Å². The predicted molar refractivity (Wildman–Crippen MR) is 89.7 cm³/mol. The van der Waals surface area contributed by atoms with Gasteiger partial charge in [-0.25, -0.2) is 4.98 Å². The fourth-order valence-corrected chi connectivity index (χ4v) is 2.51. The van der Waals surface area contributed by atoms with Gasteiger partial charge in [0.05, 0.1) is 30.7 Å². The van der Waals surface area contributed by atoms with Gasteiger partial charge in [0, 0.05) is 12.7 Å². The van der Waals surface area contributed by atoms with Gasteiger partial charge in [-0.05, 0) is 31.0 Å². The number of aromatic nitrogens is 1. The molecule has 1 aromatic heterocycles. The number of anilines is 1. The summed E-state index contributed by atoms with van der Waals surface area (Å²) in [7, 11) is 1.54. The fraction of sp³-hybridized carbons (Fsp3) is 0.333. The standard InChI is InChI=1S/C18H20N2O4/c1-22-17-9-8-13(11-19-17)20-18(21)15-6-2-3-7-16(15)24-12-14-5-4-10-23-14/h2-3,6-9,11,14H,4-5,10,12H2,1H3,(H,20,21). The number of ether oxygens (including phenoxy) is 3. The normalized spacial score (nSPS) is 16.6. The molecule has 1 amide bonds. The third-order valence-corrected chi connectivity index (χ3v) is 3.78. The molecule has 1 aromatic carbocycles. The molecular formula is C18H20N2O4. The van der Waals surface area contributed by atoms with Crippen LogP contribution >= 0.6 is 0 Å². The first-order chi connectivity index (χ1) is 11.8. The maximum absolute atomic E-state index is 12.5. The molecule has 1 saturated heterocycles. The van der Waals surface area contributed by atoms with E-state index in [0.29, 0.717) is 29.5 Å². The summed E-state index contributed by atoms with van der Waals surface area (Å²) in [6.07, 6.45) is 3.70. The van der Waals surface area contributed by atoms with Crippen molar-refractivity contribution in [2.45, 2.75) is 18.9 Å². The fourth-order valence-electron chi connectivity index (χ4n) is 2.51. The number of methoxy groups -OCH3 is 1. The van der Waals surface area contributed by atoms with Crippen molar-refractivity contribution in [1.29, 1.82) is 0 Å². The SMILES string of the molecule is COc1ccc(NC(=O)c2ccccc2OCC2CCCO2)cn1. The summed E-state index contributed by atoms with van der Waals surface area (Å²) >= 11 is 0. The lowest BCUT2D eigenvalue weighted by Gasteiger charge is -2.14. The third-order valence-electron chi connectivity index (χ3n) is 3.78. The molecule has 2 aromatic rings. The van der Waals surface area contributed by atoms with Crippen molar-refractivity contribution in [1.82, 2.24) is 4.98 Å². The number of hydrogen-bond donors (Lipinski definition) is 1.